The molecule has 1 unspecified atom stereocenters. The molecule has 19 heavy (non-hydrogen) atoms. The summed E-state index contributed by atoms with van der Waals surface area (Å²) in [4.78, 5) is 26.8. The van der Waals surface area contributed by atoms with Crippen molar-refractivity contribution in [1.82, 2.24) is 9.80 Å². The number of carboxylic acids is 1. The zero-order valence-electron chi connectivity index (χ0n) is 12.5. The zero-order chi connectivity index (χ0) is 14.6. The topological polar surface area (TPSA) is 60.9 Å². The maximum atomic E-state index is 12.6. The number of piperidine rings is 1. The van der Waals surface area contributed by atoms with Gasteiger partial charge in [0.25, 0.3) is 0 Å². The molecule has 1 fully saturated rings. The average molecular weight is 270 g/mol. The van der Waals surface area contributed by atoms with Gasteiger partial charge < -0.3 is 14.9 Å². The minimum Gasteiger partial charge on any atom is -0.481 e. The molecule has 0 aromatic carbocycles. The van der Waals surface area contributed by atoms with Gasteiger partial charge in [0.2, 0.25) is 0 Å². The van der Waals surface area contributed by atoms with Crippen LogP contribution in [0.3, 0.4) is 0 Å². The van der Waals surface area contributed by atoms with Crippen LogP contribution >= 0.6 is 0 Å². The average Bonchev–Trinajstić information content (AvgIpc) is 2.26. The van der Waals surface area contributed by atoms with E-state index in [0.29, 0.717) is 5.92 Å². The summed E-state index contributed by atoms with van der Waals surface area (Å²) >= 11 is 0. The highest BCUT2D eigenvalue weighted by Crippen LogP contribution is 2.21. The van der Waals surface area contributed by atoms with Gasteiger partial charge in [-0.15, -0.1) is 0 Å². The second-order valence-electron chi connectivity index (χ2n) is 6.44. The number of hydrogen-bond acceptors (Lipinski definition) is 2. The highest BCUT2D eigenvalue weighted by atomic mass is 16.4. The van der Waals surface area contributed by atoms with Crippen LogP contribution in [0.1, 0.15) is 47.0 Å². The third kappa shape index (κ3) is 4.73. The molecular weight excluding hydrogens is 244 g/mol. The third-order valence-electron chi connectivity index (χ3n) is 3.52. The van der Waals surface area contributed by atoms with Gasteiger partial charge in [-0.3, -0.25) is 4.79 Å². The molecule has 1 N–H and O–H groups in total. The lowest BCUT2D eigenvalue weighted by atomic mass is 10.00. The van der Waals surface area contributed by atoms with E-state index in [1.165, 1.54) is 0 Å². The molecule has 2 amide bonds. The fourth-order valence-corrected chi connectivity index (χ4v) is 2.46. The Labute approximate surface area is 115 Å². The molecule has 5 nitrogen and oxygen atoms in total. The predicted molar refractivity (Wildman–Crippen MR) is 74.1 cm³/mol. The molecule has 0 aromatic rings. The molecule has 1 heterocycles. The van der Waals surface area contributed by atoms with Gasteiger partial charge in [0.15, 0.2) is 0 Å². The Morgan fingerprint density at radius 1 is 1.37 bits per heavy atom. The zero-order valence-corrected chi connectivity index (χ0v) is 12.5. The largest absolute Gasteiger partial charge is 0.481 e. The summed E-state index contributed by atoms with van der Waals surface area (Å²) in [6, 6.07) is -0.0275. The Balaban J connectivity index is 2.73. The summed E-state index contributed by atoms with van der Waals surface area (Å²) in [7, 11) is 0. The van der Waals surface area contributed by atoms with Crippen molar-refractivity contribution in [2.24, 2.45) is 5.92 Å². The number of carbonyl (C=O) groups is 2. The van der Waals surface area contributed by atoms with Crippen LogP contribution in [-0.4, -0.2) is 52.1 Å². The molecule has 0 bridgehead atoms. The standard InChI is InChI=1S/C14H26N2O3/c1-11-6-5-8-15(10-11)13(19)16(14(2,3)4)9-7-12(17)18/h11H,5-10H2,1-4H3,(H,17,18). The van der Waals surface area contributed by atoms with E-state index in [9.17, 15) is 9.59 Å². The molecule has 110 valence electrons. The van der Waals surface area contributed by atoms with Gasteiger partial charge in [0, 0.05) is 25.2 Å². The Morgan fingerprint density at radius 3 is 2.47 bits per heavy atom. The van der Waals surface area contributed by atoms with Gasteiger partial charge in [-0.25, -0.2) is 4.79 Å². The number of carbonyl (C=O) groups excluding carboxylic acids is 1. The number of nitrogens with zero attached hydrogens (tertiary/aromatic N) is 2. The van der Waals surface area contributed by atoms with Gasteiger partial charge in [-0.1, -0.05) is 6.92 Å². The fourth-order valence-electron chi connectivity index (χ4n) is 2.46. The van der Waals surface area contributed by atoms with Gasteiger partial charge in [0.1, 0.15) is 0 Å². The van der Waals surface area contributed by atoms with Crippen LogP contribution in [0, 0.1) is 5.92 Å². The van der Waals surface area contributed by atoms with Crippen molar-refractivity contribution in [2.75, 3.05) is 19.6 Å². The van der Waals surface area contributed by atoms with Crippen molar-refractivity contribution in [3.8, 4) is 0 Å². The van der Waals surface area contributed by atoms with E-state index in [1.54, 1.807) is 4.90 Å². The van der Waals surface area contributed by atoms with E-state index < -0.39 is 5.97 Å². The van der Waals surface area contributed by atoms with Crippen LogP contribution in [0.5, 0.6) is 0 Å². The number of amides is 2. The first-order valence-electron chi connectivity index (χ1n) is 7.00. The van der Waals surface area contributed by atoms with E-state index in [1.807, 2.05) is 25.7 Å². The van der Waals surface area contributed by atoms with Crippen molar-refractivity contribution in [3.63, 3.8) is 0 Å². The second-order valence-corrected chi connectivity index (χ2v) is 6.44. The fraction of sp³-hybridized carbons (Fsp3) is 0.857. The predicted octanol–water partition coefficient (Wildman–Crippen LogP) is 2.41. The Hall–Kier alpha value is -1.26. The summed E-state index contributed by atoms with van der Waals surface area (Å²) in [6.07, 6.45) is 2.19. The molecule has 0 aliphatic carbocycles. The van der Waals surface area contributed by atoms with Crippen molar-refractivity contribution in [3.05, 3.63) is 0 Å². The van der Waals surface area contributed by atoms with E-state index in [-0.39, 0.29) is 24.5 Å². The summed E-state index contributed by atoms with van der Waals surface area (Å²) in [5, 5.41) is 8.81. The van der Waals surface area contributed by atoms with Crippen molar-refractivity contribution >= 4 is 12.0 Å². The Bertz CT molecular complexity index is 336. The first kappa shape index (κ1) is 15.8. The van der Waals surface area contributed by atoms with Gasteiger partial charge >= 0.3 is 12.0 Å². The molecule has 1 aliphatic heterocycles. The lowest BCUT2D eigenvalue weighted by molar-refractivity contribution is -0.137. The molecular formula is C14H26N2O3. The summed E-state index contributed by atoms with van der Waals surface area (Å²) in [6.45, 7) is 9.81. The highest BCUT2D eigenvalue weighted by Gasteiger charge is 2.32. The quantitative estimate of drug-likeness (QED) is 0.856. The van der Waals surface area contributed by atoms with Crippen LogP contribution in [0.2, 0.25) is 0 Å². The molecule has 1 rings (SSSR count). The number of rotatable bonds is 3. The molecule has 1 saturated heterocycles. The van der Waals surface area contributed by atoms with Crippen LogP contribution in [0.25, 0.3) is 0 Å². The SMILES string of the molecule is CC1CCCN(C(=O)N(CCC(=O)O)C(C)(C)C)C1. The third-order valence-corrected chi connectivity index (χ3v) is 3.52. The maximum Gasteiger partial charge on any atom is 0.320 e. The summed E-state index contributed by atoms with van der Waals surface area (Å²) in [5.41, 5.74) is -0.354. The van der Waals surface area contributed by atoms with Crippen LogP contribution in [0.15, 0.2) is 0 Å². The van der Waals surface area contributed by atoms with Crippen molar-refractivity contribution in [2.45, 2.75) is 52.5 Å². The number of carboxylic acid groups (broad SMARTS) is 1. The van der Waals surface area contributed by atoms with E-state index in [4.69, 9.17) is 5.11 Å². The Morgan fingerprint density at radius 2 is 2.00 bits per heavy atom. The van der Waals surface area contributed by atoms with E-state index in [2.05, 4.69) is 6.92 Å². The number of hydrogen-bond donors (Lipinski definition) is 1. The maximum absolute atomic E-state index is 12.6. The second kappa shape index (κ2) is 6.26. The molecule has 0 radical (unpaired) electrons. The first-order valence-corrected chi connectivity index (χ1v) is 7.00. The molecule has 0 aromatic heterocycles. The summed E-state index contributed by atoms with van der Waals surface area (Å²) in [5.74, 6) is -0.340. The first-order chi connectivity index (χ1) is 8.71. The van der Waals surface area contributed by atoms with Crippen LogP contribution in [-0.2, 0) is 4.79 Å². The van der Waals surface area contributed by atoms with Crippen LogP contribution < -0.4 is 0 Å². The van der Waals surface area contributed by atoms with Gasteiger partial charge in [-0.2, -0.15) is 0 Å². The lowest BCUT2D eigenvalue weighted by Crippen LogP contribution is -2.54. The van der Waals surface area contributed by atoms with E-state index >= 15 is 0 Å². The minimum absolute atomic E-state index is 0.00754. The molecule has 0 spiro atoms. The summed E-state index contributed by atoms with van der Waals surface area (Å²) < 4.78 is 0. The van der Waals surface area contributed by atoms with Crippen molar-refractivity contribution in [1.29, 1.82) is 0 Å². The van der Waals surface area contributed by atoms with E-state index in [0.717, 1.165) is 25.9 Å². The van der Waals surface area contributed by atoms with Gasteiger partial charge in [-0.05, 0) is 39.5 Å². The molecule has 1 atom stereocenters. The number of likely N-dealkylation sites (tertiary alicyclic amines) is 1. The lowest BCUT2D eigenvalue weighted by Gasteiger charge is -2.41. The molecule has 5 heteroatoms. The molecule has 0 saturated carbocycles. The number of aliphatic carboxylic acids is 1. The van der Waals surface area contributed by atoms with Crippen LogP contribution in [0.4, 0.5) is 4.79 Å². The van der Waals surface area contributed by atoms with Crippen molar-refractivity contribution < 1.29 is 14.7 Å². The monoisotopic (exact) mass is 270 g/mol. The minimum atomic E-state index is -0.867. The van der Waals surface area contributed by atoms with Gasteiger partial charge in [0.05, 0.1) is 6.42 Å². The number of urea groups is 1. The highest BCUT2D eigenvalue weighted by molar-refractivity contribution is 5.76. The smallest absolute Gasteiger partial charge is 0.320 e. The molecule has 1 aliphatic rings. The normalized spacial score (nSPS) is 20.2. The Kier molecular flexibility index (Phi) is 5.20.